The summed E-state index contributed by atoms with van der Waals surface area (Å²) in [5, 5.41) is 8.91. The zero-order valence-corrected chi connectivity index (χ0v) is 7.04. The van der Waals surface area contributed by atoms with Gasteiger partial charge >= 0.3 is 0 Å². The topological polar surface area (TPSA) is 40.5 Å². The number of amides is 1. The van der Waals surface area contributed by atoms with Crippen molar-refractivity contribution in [3.05, 3.63) is 0 Å². The number of alkyl halides is 1. The Balaban J connectivity index is 2.49. The number of aliphatic hydroxyl groups is 1. The van der Waals surface area contributed by atoms with E-state index in [0.29, 0.717) is 13.0 Å². The SMILES string of the molecule is O=C1CCCN1C(O)I. The Morgan fingerprint density at radius 2 is 2.44 bits per heavy atom. The molecule has 0 aromatic heterocycles. The number of carbonyl (C=O) groups is 1. The molecule has 9 heavy (non-hydrogen) atoms. The predicted molar refractivity (Wildman–Crippen MR) is 41.0 cm³/mol. The molecule has 4 heteroatoms. The average Bonchev–Trinajstić information content (AvgIpc) is 2.13. The van der Waals surface area contributed by atoms with Gasteiger partial charge in [0, 0.05) is 13.0 Å². The molecule has 1 unspecified atom stereocenters. The lowest BCUT2D eigenvalue weighted by Gasteiger charge is -2.16. The van der Waals surface area contributed by atoms with Gasteiger partial charge in [0.15, 0.2) is 4.23 Å². The summed E-state index contributed by atoms with van der Waals surface area (Å²) >= 11 is 1.82. The van der Waals surface area contributed by atoms with Crippen molar-refractivity contribution in [2.24, 2.45) is 0 Å². The molecule has 1 amide bonds. The number of hydrogen-bond acceptors (Lipinski definition) is 2. The van der Waals surface area contributed by atoms with Crippen LogP contribution < -0.4 is 0 Å². The number of nitrogens with zero attached hydrogens (tertiary/aromatic N) is 1. The van der Waals surface area contributed by atoms with E-state index in [1.54, 1.807) is 0 Å². The second-order valence-electron chi connectivity index (χ2n) is 2.00. The number of aliphatic hydroxyl groups excluding tert-OH is 1. The molecular formula is C5H8INO2. The van der Waals surface area contributed by atoms with Gasteiger partial charge < -0.3 is 10.0 Å². The van der Waals surface area contributed by atoms with Crippen LogP contribution >= 0.6 is 22.6 Å². The van der Waals surface area contributed by atoms with Gasteiger partial charge in [-0.05, 0) is 29.0 Å². The number of carbonyl (C=O) groups excluding carboxylic acids is 1. The van der Waals surface area contributed by atoms with Crippen molar-refractivity contribution in [3.8, 4) is 0 Å². The van der Waals surface area contributed by atoms with Crippen LogP contribution in [0.1, 0.15) is 12.8 Å². The normalized spacial score (nSPS) is 22.9. The van der Waals surface area contributed by atoms with Gasteiger partial charge in [-0.3, -0.25) is 4.79 Å². The van der Waals surface area contributed by atoms with Crippen LogP contribution in [0.25, 0.3) is 0 Å². The number of hydrogen-bond donors (Lipinski definition) is 1. The number of rotatable bonds is 1. The zero-order valence-electron chi connectivity index (χ0n) is 4.88. The molecule has 1 N–H and O–H groups in total. The van der Waals surface area contributed by atoms with Crippen molar-refractivity contribution in [3.63, 3.8) is 0 Å². The predicted octanol–water partition coefficient (Wildman–Crippen LogP) is 0.320. The molecule has 3 nitrogen and oxygen atoms in total. The van der Waals surface area contributed by atoms with Gasteiger partial charge in [-0.1, -0.05) is 0 Å². The molecule has 0 aliphatic carbocycles. The summed E-state index contributed by atoms with van der Waals surface area (Å²) in [5.41, 5.74) is 0. The fraction of sp³-hybridized carbons (Fsp3) is 0.800. The molecule has 1 fully saturated rings. The first-order valence-corrected chi connectivity index (χ1v) is 4.08. The molecule has 0 spiro atoms. The van der Waals surface area contributed by atoms with E-state index in [1.165, 1.54) is 4.90 Å². The number of halogens is 1. The Morgan fingerprint density at radius 1 is 1.78 bits per heavy atom. The molecule has 1 saturated heterocycles. The maximum Gasteiger partial charge on any atom is 0.225 e. The van der Waals surface area contributed by atoms with Crippen LogP contribution in [-0.4, -0.2) is 26.7 Å². The lowest BCUT2D eigenvalue weighted by atomic mass is 10.4. The fourth-order valence-electron chi connectivity index (χ4n) is 0.894. The third-order valence-electron chi connectivity index (χ3n) is 1.37. The van der Waals surface area contributed by atoms with Gasteiger partial charge in [0.25, 0.3) is 0 Å². The van der Waals surface area contributed by atoms with Crippen LogP contribution in [-0.2, 0) is 4.79 Å². The minimum atomic E-state index is -0.627. The maximum atomic E-state index is 10.8. The summed E-state index contributed by atoms with van der Waals surface area (Å²) in [6.07, 6.45) is 1.49. The molecule has 0 radical (unpaired) electrons. The van der Waals surface area contributed by atoms with Crippen molar-refractivity contribution in [1.29, 1.82) is 0 Å². The summed E-state index contributed by atoms with van der Waals surface area (Å²) < 4.78 is -0.627. The van der Waals surface area contributed by atoms with E-state index in [1.807, 2.05) is 22.6 Å². The molecule has 1 aliphatic heterocycles. The van der Waals surface area contributed by atoms with Gasteiger partial charge in [-0.2, -0.15) is 0 Å². The maximum absolute atomic E-state index is 10.8. The molecule has 0 aromatic rings. The van der Waals surface area contributed by atoms with Crippen molar-refractivity contribution < 1.29 is 9.90 Å². The first-order valence-electron chi connectivity index (χ1n) is 2.83. The second-order valence-corrected chi connectivity index (χ2v) is 3.12. The number of likely N-dealkylation sites (tertiary alicyclic amines) is 1. The van der Waals surface area contributed by atoms with Crippen molar-refractivity contribution >= 4 is 28.5 Å². The van der Waals surface area contributed by atoms with Gasteiger partial charge in [-0.15, -0.1) is 0 Å². The van der Waals surface area contributed by atoms with Gasteiger partial charge in [0.1, 0.15) is 0 Å². The zero-order chi connectivity index (χ0) is 6.85. The average molecular weight is 241 g/mol. The largest absolute Gasteiger partial charge is 0.365 e. The van der Waals surface area contributed by atoms with Gasteiger partial charge in [-0.25, -0.2) is 0 Å². The van der Waals surface area contributed by atoms with Crippen LogP contribution in [0.3, 0.4) is 0 Å². The molecule has 52 valence electrons. The van der Waals surface area contributed by atoms with Crippen molar-refractivity contribution in [2.45, 2.75) is 17.1 Å². The Bertz CT molecular complexity index is 126. The quantitative estimate of drug-likeness (QED) is 0.408. The van der Waals surface area contributed by atoms with Crippen molar-refractivity contribution in [2.75, 3.05) is 6.54 Å². The fourth-order valence-corrected chi connectivity index (χ4v) is 1.48. The van der Waals surface area contributed by atoms with E-state index in [4.69, 9.17) is 5.11 Å². The highest BCUT2D eigenvalue weighted by molar-refractivity contribution is 14.1. The first kappa shape index (κ1) is 7.27. The highest BCUT2D eigenvalue weighted by Crippen LogP contribution is 2.15. The van der Waals surface area contributed by atoms with Crippen LogP contribution in [0.4, 0.5) is 0 Å². The Morgan fingerprint density at radius 3 is 2.67 bits per heavy atom. The van der Waals surface area contributed by atoms with E-state index >= 15 is 0 Å². The Hall–Kier alpha value is 0.160. The Kier molecular flexibility index (Phi) is 2.29. The van der Waals surface area contributed by atoms with Crippen LogP contribution in [0.5, 0.6) is 0 Å². The van der Waals surface area contributed by atoms with E-state index in [0.717, 1.165) is 6.42 Å². The molecule has 0 aromatic carbocycles. The summed E-state index contributed by atoms with van der Waals surface area (Å²) in [5.74, 6) is 0.0666. The van der Waals surface area contributed by atoms with Crippen molar-refractivity contribution in [1.82, 2.24) is 4.90 Å². The first-order chi connectivity index (χ1) is 4.22. The van der Waals surface area contributed by atoms with Gasteiger partial charge in [0.2, 0.25) is 5.91 Å². The minimum absolute atomic E-state index is 0.0666. The molecule has 1 heterocycles. The third kappa shape index (κ3) is 1.54. The molecule has 0 saturated carbocycles. The lowest BCUT2D eigenvalue weighted by Crippen LogP contribution is -2.31. The lowest BCUT2D eigenvalue weighted by molar-refractivity contribution is -0.131. The Labute approximate surface area is 67.2 Å². The van der Waals surface area contributed by atoms with E-state index in [2.05, 4.69) is 0 Å². The molecule has 1 atom stereocenters. The highest BCUT2D eigenvalue weighted by atomic mass is 127. The summed E-state index contributed by atoms with van der Waals surface area (Å²) in [6.45, 7) is 0.711. The monoisotopic (exact) mass is 241 g/mol. The van der Waals surface area contributed by atoms with E-state index in [9.17, 15) is 4.79 Å². The standard InChI is InChI=1S/C5H8INO2/c6-5(9)7-3-1-2-4(7)8/h5,9H,1-3H2. The smallest absolute Gasteiger partial charge is 0.225 e. The molecule has 1 aliphatic rings. The van der Waals surface area contributed by atoms with Gasteiger partial charge in [0.05, 0.1) is 0 Å². The van der Waals surface area contributed by atoms with Crippen LogP contribution in [0.15, 0.2) is 0 Å². The van der Waals surface area contributed by atoms with Crippen LogP contribution in [0.2, 0.25) is 0 Å². The van der Waals surface area contributed by atoms with Crippen LogP contribution in [0, 0.1) is 0 Å². The molecule has 0 bridgehead atoms. The highest BCUT2D eigenvalue weighted by Gasteiger charge is 2.23. The third-order valence-corrected chi connectivity index (χ3v) is 2.04. The van der Waals surface area contributed by atoms with E-state index in [-0.39, 0.29) is 5.91 Å². The molecule has 1 rings (SSSR count). The molecular weight excluding hydrogens is 233 g/mol. The summed E-state index contributed by atoms with van der Waals surface area (Å²) in [4.78, 5) is 12.2. The minimum Gasteiger partial charge on any atom is -0.365 e. The van der Waals surface area contributed by atoms with E-state index < -0.39 is 4.23 Å². The second kappa shape index (κ2) is 2.83. The summed E-state index contributed by atoms with van der Waals surface area (Å²) in [7, 11) is 0. The summed E-state index contributed by atoms with van der Waals surface area (Å²) in [6, 6.07) is 0.